The van der Waals surface area contributed by atoms with Crippen molar-refractivity contribution in [2.45, 2.75) is 0 Å². The average Bonchev–Trinajstić information content (AvgIpc) is 3.18. The monoisotopic (exact) mass is 383 g/mol. The van der Waals surface area contributed by atoms with Gasteiger partial charge < -0.3 is 29.0 Å². The van der Waals surface area contributed by atoms with Gasteiger partial charge in [-0.15, -0.1) is 0 Å². The molecule has 1 aromatic carbocycles. The second kappa shape index (κ2) is 7.63. The molecule has 3 heterocycles. The Morgan fingerprint density at radius 2 is 1.89 bits per heavy atom. The van der Waals surface area contributed by atoms with Crippen LogP contribution in [0.3, 0.4) is 0 Å². The van der Waals surface area contributed by atoms with E-state index in [1.165, 1.54) is 0 Å². The number of nitrogens with zero attached hydrogens (tertiary/aromatic N) is 4. The van der Waals surface area contributed by atoms with Crippen LogP contribution in [0.4, 0.5) is 16.5 Å². The number of amides is 2. The van der Waals surface area contributed by atoms with Crippen molar-refractivity contribution in [3.63, 3.8) is 0 Å². The van der Waals surface area contributed by atoms with Gasteiger partial charge in [-0.2, -0.15) is 4.98 Å². The molecule has 0 bridgehead atoms. The standard InChI is InChI=1S/C19H21N5O4/c1-26-14-6-5-13(12-16(14)27-2)21-18(25)23-8-10-24(11-9-23)19-22-17-15(28-19)4-3-7-20-17/h3-7,12H,8-11H2,1-2H3,(H,21,25). The molecule has 9 nitrogen and oxygen atoms in total. The second-order valence-electron chi connectivity index (χ2n) is 6.30. The van der Waals surface area contributed by atoms with E-state index in [1.807, 2.05) is 17.0 Å². The van der Waals surface area contributed by atoms with Crippen molar-refractivity contribution in [2.75, 3.05) is 50.6 Å². The van der Waals surface area contributed by atoms with E-state index in [0.717, 1.165) is 0 Å². The normalized spacial score (nSPS) is 14.2. The molecule has 1 fully saturated rings. The van der Waals surface area contributed by atoms with Gasteiger partial charge in [0.2, 0.25) is 5.65 Å². The molecule has 0 aliphatic carbocycles. The van der Waals surface area contributed by atoms with E-state index in [1.54, 1.807) is 43.5 Å². The van der Waals surface area contributed by atoms with E-state index < -0.39 is 0 Å². The summed E-state index contributed by atoms with van der Waals surface area (Å²) in [4.78, 5) is 25.0. The molecule has 0 unspecified atom stereocenters. The summed E-state index contributed by atoms with van der Waals surface area (Å²) in [6.45, 7) is 2.38. The summed E-state index contributed by atoms with van der Waals surface area (Å²) in [5.41, 5.74) is 1.90. The van der Waals surface area contributed by atoms with E-state index in [-0.39, 0.29) is 6.03 Å². The lowest BCUT2D eigenvalue weighted by Crippen LogP contribution is -2.50. The van der Waals surface area contributed by atoms with Crippen LogP contribution in [0.15, 0.2) is 40.9 Å². The van der Waals surface area contributed by atoms with Crippen molar-refractivity contribution in [1.82, 2.24) is 14.9 Å². The van der Waals surface area contributed by atoms with Crippen LogP contribution in [0, 0.1) is 0 Å². The fourth-order valence-electron chi connectivity index (χ4n) is 3.11. The van der Waals surface area contributed by atoms with E-state index >= 15 is 0 Å². The fourth-order valence-corrected chi connectivity index (χ4v) is 3.11. The van der Waals surface area contributed by atoms with Crippen LogP contribution < -0.4 is 19.7 Å². The molecule has 1 N–H and O–H groups in total. The molecule has 4 rings (SSSR count). The SMILES string of the molecule is COc1ccc(NC(=O)N2CCN(c3nc4ncccc4o3)CC2)cc1OC. The Labute approximate surface area is 161 Å². The van der Waals surface area contributed by atoms with E-state index in [9.17, 15) is 4.79 Å². The van der Waals surface area contributed by atoms with Gasteiger partial charge in [0.25, 0.3) is 6.01 Å². The maximum absolute atomic E-state index is 12.6. The number of piperazine rings is 1. The van der Waals surface area contributed by atoms with Crippen molar-refractivity contribution >= 4 is 29.0 Å². The van der Waals surface area contributed by atoms with Crippen LogP contribution in [0.25, 0.3) is 11.2 Å². The third kappa shape index (κ3) is 3.51. The molecule has 0 spiro atoms. The van der Waals surface area contributed by atoms with E-state index in [2.05, 4.69) is 15.3 Å². The maximum atomic E-state index is 12.6. The molecule has 1 saturated heterocycles. The lowest BCUT2D eigenvalue weighted by atomic mass is 10.2. The van der Waals surface area contributed by atoms with Crippen LogP contribution in [-0.4, -0.2) is 61.3 Å². The quantitative estimate of drug-likeness (QED) is 0.740. The fraction of sp³-hybridized carbons (Fsp3) is 0.316. The first kappa shape index (κ1) is 17.9. The molecule has 0 atom stereocenters. The first-order valence-electron chi connectivity index (χ1n) is 8.92. The van der Waals surface area contributed by atoms with Gasteiger partial charge in [-0.3, -0.25) is 0 Å². The molecule has 2 amide bonds. The lowest BCUT2D eigenvalue weighted by Gasteiger charge is -2.33. The molecular formula is C19H21N5O4. The van der Waals surface area contributed by atoms with Crippen molar-refractivity contribution in [3.8, 4) is 11.5 Å². The molecule has 0 saturated carbocycles. The number of hydrogen-bond acceptors (Lipinski definition) is 7. The number of anilines is 2. The molecule has 28 heavy (non-hydrogen) atoms. The molecule has 1 aliphatic heterocycles. The van der Waals surface area contributed by atoms with Crippen molar-refractivity contribution in [3.05, 3.63) is 36.5 Å². The van der Waals surface area contributed by atoms with Crippen molar-refractivity contribution < 1.29 is 18.7 Å². The number of urea groups is 1. The van der Waals surface area contributed by atoms with E-state index in [0.29, 0.717) is 60.6 Å². The van der Waals surface area contributed by atoms with Crippen molar-refractivity contribution in [1.29, 1.82) is 0 Å². The largest absolute Gasteiger partial charge is 0.493 e. The average molecular weight is 383 g/mol. The molecule has 9 heteroatoms. The number of methoxy groups -OCH3 is 2. The second-order valence-corrected chi connectivity index (χ2v) is 6.30. The zero-order valence-electron chi connectivity index (χ0n) is 15.7. The molecule has 146 valence electrons. The predicted molar refractivity (Wildman–Crippen MR) is 104 cm³/mol. The van der Waals surface area contributed by atoms with Gasteiger partial charge in [0.15, 0.2) is 17.1 Å². The van der Waals surface area contributed by atoms with Crippen molar-refractivity contribution in [2.24, 2.45) is 0 Å². The van der Waals surface area contributed by atoms with Gasteiger partial charge in [-0.05, 0) is 24.3 Å². The Morgan fingerprint density at radius 1 is 1.11 bits per heavy atom. The minimum absolute atomic E-state index is 0.161. The Hall–Kier alpha value is -3.49. The minimum Gasteiger partial charge on any atom is -0.493 e. The molecule has 3 aromatic rings. The highest BCUT2D eigenvalue weighted by Gasteiger charge is 2.24. The Bertz CT molecular complexity index is 948. The highest BCUT2D eigenvalue weighted by molar-refractivity contribution is 5.90. The number of oxazole rings is 1. The third-order valence-corrected chi connectivity index (χ3v) is 4.63. The van der Waals surface area contributed by atoms with Gasteiger partial charge >= 0.3 is 6.03 Å². The van der Waals surface area contributed by atoms with Gasteiger partial charge in [-0.25, -0.2) is 9.78 Å². The number of hydrogen-bond donors (Lipinski definition) is 1. The smallest absolute Gasteiger partial charge is 0.321 e. The first-order valence-corrected chi connectivity index (χ1v) is 8.92. The third-order valence-electron chi connectivity index (χ3n) is 4.63. The predicted octanol–water partition coefficient (Wildman–Crippen LogP) is 2.59. The summed E-state index contributed by atoms with van der Waals surface area (Å²) in [7, 11) is 3.13. The number of ether oxygens (including phenoxy) is 2. The van der Waals surface area contributed by atoms with Crippen LogP contribution >= 0.6 is 0 Å². The number of aromatic nitrogens is 2. The highest BCUT2D eigenvalue weighted by atomic mass is 16.5. The minimum atomic E-state index is -0.161. The summed E-state index contributed by atoms with van der Waals surface area (Å²) in [5.74, 6) is 1.18. The van der Waals surface area contributed by atoms with Crippen LogP contribution in [0.5, 0.6) is 11.5 Å². The van der Waals surface area contributed by atoms with Crippen LogP contribution in [-0.2, 0) is 0 Å². The maximum Gasteiger partial charge on any atom is 0.321 e. The summed E-state index contributed by atoms with van der Waals surface area (Å²) in [6, 6.07) is 9.30. The molecule has 1 aliphatic rings. The summed E-state index contributed by atoms with van der Waals surface area (Å²) < 4.78 is 16.2. The number of nitrogens with one attached hydrogen (secondary N) is 1. The van der Waals surface area contributed by atoms with Gasteiger partial charge in [0.1, 0.15) is 0 Å². The molecule has 0 radical (unpaired) electrons. The number of carbonyl (C=O) groups is 1. The molecule has 2 aromatic heterocycles. The van der Waals surface area contributed by atoms with Crippen LogP contribution in [0.2, 0.25) is 0 Å². The Kier molecular flexibility index (Phi) is 4.88. The highest BCUT2D eigenvalue weighted by Crippen LogP contribution is 2.30. The summed E-state index contributed by atoms with van der Waals surface area (Å²) >= 11 is 0. The number of benzene rings is 1. The first-order chi connectivity index (χ1) is 13.7. The summed E-state index contributed by atoms with van der Waals surface area (Å²) in [6.07, 6.45) is 1.69. The zero-order valence-corrected chi connectivity index (χ0v) is 15.7. The van der Waals surface area contributed by atoms with Gasteiger partial charge in [0.05, 0.1) is 14.2 Å². The summed E-state index contributed by atoms with van der Waals surface area (Å²) in [5, 5.41) is 2.90. The Balaban J connectivity index is 1.37. The zero-order chi connectivity index (χ0) is 19.5. The lowest BCUT2D eigenvalue weighted by molar-refractivity contribution is 0.207. The number of rotatable bonds is 4. The van der Waals surface area contributed by atoms with Gasteiger partial charge in [0, 0.05) is 44.1 Å². The Morgan fingerprint density at radius 3 is 2.61 bits per heavy atom. The number of pyridine rings is 1. The number of carbonyl (C=O) groups excluding carboxylic acids is 1. The number of fused-ring (bicyclic) bond motifs is 1. The molecular weight excluding hydrogens is 362 g/mol. The van der Waals surface area contributed by atoms with Gasteiger partial charge in [-0.1, -0.05) is 0 Å². The van der Waals surface area contributed by atoms with Crippen LogP contribution in [0.1, 0.15) is 0 Å². The topological polar surface area (TPSA) is 93.0 Å². The van der Waals surface area contributed by atoms with E-state index in [4.69, 9.17) is 13.9 Å².